The number of non-ortho nitro benzene ring substituents is 1. The van der Waals surface area contributed by atoms with Crippen molar-refractivity contribution in [1.29, 1.82) is 0 Å². The summed E-state index contributed by atoms with van der Waals surface area (Å²) in [5.41, 5.74) is -0.543. The summed E-state index contributed by atoms with van der Waals surface area (Å²) in [4.78, 5) is 19.5. The molecule has 0 amide bonds. The first-order chi connectivity index (χ1) is 5.65. The zero-order valence-corrected chi connectivity index (χ0v) is 5.86. The van der Waals surface area contributed by atoms with Crippen LogP contribution in [0.1, 0.15) is 10.4 Å². The second kappa shape index (κ2) is 3.08. The van der Waals surface area contributed by atoms with Crippen molar-refractivity contribution in [3.8, 4) is 0 Å². The van der Waals surface area contributed by atoms with Crippen molar-refractivity contribution >= 4 is 12.0 Å². The molecule has 0 atom stereocenters. The van der Waals surface area contributed by atoms with Crippen molar-refractivity contribution in [2.75, 3.05) is 0 Å². The van der Waals surface area contributed by atoms with Crippen molar-refractivity contribution in [2.45, 2.75) is 0 Å². The molecule has 0 N–H and O–H groups in total. The van der Waals surface area contributed by atoms with Gasteiger partial charge in [-0.25, -0.2) is 4.39 Å². The molecule has 0 saturated carbocycles. The summed E-state index contributed by atoms with van der Waals surface area (Å²) in [5, 5.41) is 10.1. The van der Waals surface area contributed by atoms with Gasteiger partial charge >= 0.3 is 0 Å². The van der Waals surface area contributed by atoms with Gasteiger partial charge in [-0.2, -0.15) is 0 Å². The van der Waals surface area contributed by atoms with Crippen molar-refractivity contribution in [3.63, 3.8) is 0 Å². The predicted octanol–water partition coefficient (Wildman–Crippen LogP) is 1.55. The first-order valence-corrected chi connectivity index (χ1v) is 3.04. The molecule has 1 rings (SSSR count). The predicted molar refractivity (Wildman–Crippen MR) is 38.4 cm³/mol. The zero-order chi connectivity index (χ0) is 9.14. The van der Waals surface area contributed by atoms with Crippen LogP contribution >= 0.6 is 0 Å². The molecule has 0 radical (unpaired) electrons. The Labute approximate surface area is 66.8 Å². The number of carbonyl (C=O) groups is 1. The fraction of sp³-hybridized carbons (Fsp3) is 0. The number of hydrogen-bond acceptors (Lipinski definition) is 3. The lowest BCUT2D eigenvalue weighted by molar-refractivity contribution is -0.385. The minimum absolute atomic E-state index is 0.180. The SMILES string of the molecule is O=Cc1ccc([N+](=O)[O-])cc1F. The van der Waals surface area contributed by atoms with Gasteiger partial charge in [0.15, 0.2) is 6.29 Å². The van der Waals surface area contributed by atoms with Crippen LogP contribution < -0.4 is 0 Å². The maximum Gasteiger partial charge on any atom is 0.272 e. The van der Waals surface area contributed by atoms with Gasteiger partial charge in [0.1, 0.15) is 5.82 Å². The molecule has 5 heteroatoms. The highest BCUT2D eigenvalue weighted by Gasteiger charge is 2.09. The van der Waals surface area contributed by atoms with Gasteiger partial charge in [-0.3, -0.25) is 14.9 Å². The highest BCUT2D eigenvalue weighted by Crippen LogP contribution is 2.14. The molecule has 1 aromatic carbocycles. The van der Waals surface area contributed by atoms with Crippen molar-refractivity contribution < 1.29 is 14.1 Å². The molecule has 0 heterocycles. The van der Waals surface area contributed by atoms with E-state index >= 15 is 0 Å². The van der Waals surface area contributed by atoms with Gasteiger partial charge in [0, 0.05) is 6.07 Å². The van der Waals surface area contributed by atoms with E-state index in [2.05, 4.69) is 0 Å². The largest absolute Gasteiger partial charge is 0.298 e. The number of hydrogen-bond donors (Lipinski definition) is 0. The third-order valence-electron chi connectivity index (χ3n) is 1.32. The van der Waals surface area contributed by atoms with E-state index in [0.29, 0.717) is 12.4 Å². The van der Waals surface area contributed by atoms with E-state index in [9.17, 15) is 19.3 Å². The Hall–Kier alpha value is -1.78. The Morgan fingerprint density at radius 3 is 2.58 bits per heavy atom. The summed E-state index contributed by atoms with van der Waals surface area (Å²) in [7, 11) is 0. The quantitative estimate of drug-likeness (QED) is 0.383. The van der Waals surface area contributed by atoms with E-state index in [4.69, 9.17) is 0 Å². The highest BCUT2D eigenvalue weighted by atomic mass is 19.1. The van der Waals surface area contributed by atoms with E-state index in [0.717, 1.165) is 12.1 Å². The van der Waals surface area contributed by atoms with Gasteiger partial charge < -0.3 is 0 Å². The normalized spacial score (nSPS) is 9.42. The Morgan fingerprint density at radius 1 is 1.50 bits per heavy atom. The number of halogens is 1. The van der Waals surface area contributed by atoms with Crippen LogP contribution in [0, 0.1) is 15.9 Å². The molecule has 0 bridgehead atoms. The molecule has 0 aliphatic heterocycles. The topological polar surface area (TPSA) is 60.2 Å². The van der Waals surface area contributed by atoms with Gasteiger partial charge in [0.05, 0.1) is 16.6 Å². The monoisotopic (exact) mass is 169 g/mol. The fourth-order valence-corrected chi connectivity index (χ4v) is 0.725. The molecule has 0 fully saturated rings. The number of carbonyl (C=O) groups excluding carboxylic acids is 1. The first-order valence-electron chi connectivity index (χ1n) is 3.04. The van der Waals surface area contributed by atoms with E-state index in [1.165, 1.54) is 0 Å². The number of nitro benzene ring substituents is 1. The highest BCUT2D eigenvalue weighted by molar-refractivity contribution is 5.75. The van der Waals surface area contributed by atoms with Crippen LogP contribution in [-0.4, -0.2) is 11.2 Å². The molecule has 0 saturated heterocycles. The van der Waals surface area contributed by atoms with Crippen LogP contribution in [0.5, 0.6) is 0 Å². The van der Waals surface area contributed by atoms with Crippen LogP contribution in [-0.2, 0) is 0 Å². The van der Waals surface area contributed by atoms with Crippen molar-refractivity contribution in [1.82, 2.24) is 0 Å². The van der Waals surface area contributed by atoms with Crippen molar-refractivity contribution in [2.24, 2.45) is 0 Å². The number of benzene rings is 1. The Morgan fingerprint density at radius 2 is 2.17 bits per heavy atom. The lowest BCUT2D eigenvalue weighted by Gasteiger charge is -1.93. The summed E-state index contributed by atoms with van der Waals surface area (Å²) in [6, 6.07) is 2.86. The maximum absolute atomic E-state index is 12.7. The van der Waals surface area contributed by atoms with Crippen LogP contribution in [0.2, 0.25) is 0 Å². The minimum atomic E-state index is -0.876. The standard InChI is InChI=1S/C7H4FNO3/c8-7-3-6(9(11)12)2-1-5(7)4-10/h1-4H. The Kier molecular flexibility index (Phi) is 2.14. The van der Waals surface area contributed by atoms with Crippen molar-refractivity contribution in [3.05, 3.63) is 39.7 Å². The average Bonchev–Trinajstić information content (AvgIpc) is 2.04. The Bertz CT molecular complexity index is 337. The second-order valence-corrected chi connectivity index (χ2v) is 2.08. The molecule has 0 aromatic heterocycles. The molecule has 0 aliphatic rings. The first kappa shape index (κ1) is 8.32. The molecular formula is C7H4FNO3. The average molecular weight is 169 g/mol. The maximum atomic E-state index is 12.7. The van der Waals surface area contributed by atoms with Gasteiger partial charge in [0.25, 0.3) is 5.69 Å². The number of aldehydes is 1. The summed E-state index contributed by atoms with van der Waals surface area (Å²) in [5.74, 6) is -0.876. The smallest absolute Gasteiger partial charge is 0.272 e. The summed E-state index contributed by atoms with van der Waals surface area (Å²) in [6.07, 6.45) is 0.305. The lowest BCUT2D eigenvalue weighted by Crippen LogP contribution is -1.92. The van der Waals surface area contributed by atoms with Gasteiger partial charge in [-0.1, -0.05) is 0 Å². The molecule has 0 unspecified atom stereocenters. The number of rotatable bonds is 2. The Balaban J connectivity index is 3.18. The summed E-state index contributed by atoms with van der Waals surface area (Å²) < 4.78 is 12.7. The minimum Gasteiger partial charge on any atom is -0.298 e. The van der Waals surface area contributed by atoms with E-state index in [1.807, 2.05) is 0 Å². The second-order valence-electron chi connectivity index (χ2n) is 2.08. The number of nitrogens with zero attached hydrogens (tertiary/aromatic N) is 1. The van der Waals surface area contributed by atoms with E-state index in [-0.39, 0.29) is 11.3 Å². The third-order valence-corrected chi connectivity index (χ3v) is 1.32. The summed E-state index contributed by atoms with van der Waals surface area (Å²) in [6.45, 7) is 0. The van der Waals surface area contributed by atoms with Gasteiger partial charge in [0.2, 0.25) is 0 Å². The van der Waals surface area contributed by atoms with E-state index in [1.54, 1.807) is 0 Å². The zero-order valence-electron chi connectivity index (χ0n) is 5.86. The molecule has 0 spiro atoms. The number of nitro groups is 1. The molecule has 4 nitrogen and oxygen atoms in total. The fourth-order valence-electron chi connectivity index (χ4n) is 0.725. The molecule has 62 valence electrons. The molecule has 1 aromatic rings. The third kappa shape index (κ3) is 1.45. The lowest BCUT2D eigenvalue weighted by atomic mass is 10.2. The summed E-state index contributed by atoms with van der Waals surface area (Å²) >= 11 is 0. The van der Waals surface area contributed by atoms with Crippen LogP contribution in [0.3, 0.4) is 0 Å². The van der Waals surface area contributed by atoms with E-state index < -0.39 is 10.7 Å². The molecule has 12 heavy (non-hydrogen) atoms. The van der Waals surface area contributed by atoms with Gasteiger partial charge in [-0.05, 0) is 6.07 Å². The van der Waals surface area contributed by atoms with Gasteiger partial charge in [-0.15, -0.1) is 0 Å². The van der Waals surface area contributed by atoms with Crippen LogP contribution in [0.15, 0.2) is 18.2 Å². The molecular weight excluding hydrogens is 165 g/mol. The van der Waals surface area contributed by atoms with Crippen LogP contribution in [0.25, 0.3) is 0 Å². The molecule has 0 aliphatic carbocycles. The van der Waals surface area contributed by atoms with Crippen LogP contribution in [0.4, 0.5) is 10.1 Å².